The summed E-state index contributed by atoms with van der Waals surface area (Å²) in [7, 11) is -3.38. The second-order valence-corrected chi connectivity index (χ2v) is 9.31. The van der Waals surface area contributed by atoms with Gasteiger partial charge in [-0.2, -0.15) is 4.31 Å². The third-order valence-electron chi connectivity index (χ3n) is 4.51. The van der Waals surface area contributed by atoms with Crippen molar-refractivity contribution in [2.45, 2.75) is 35.9 Å². The van der Waals surface area contributed by atoms with Crippen molar-refractivity contribution in [3.63, 3.8) is 0 Å². The summed E-state index contributed by atoms with van der Waals surface area (Å²) in [5.41, 5.74) is 0. The first-order valence-electron chi connectivity index (χ1n) is 8.12. The van der Waals surface area contributed by atoms with Gasteiger partial charge in [-0.15, -0.1) is 23.7 Å². The molecule has 2 aliphatic heterocycles. The molecule has 0 aliphatic carbocycles. The molecular formula is C15H24ClN3O3S2. The molecule has 3 heterocycles. The fourth-order valence-corrected chi connectivity index (χ4v) is 5.92. The van der Waals surface area contributed by atoms with E-state index in [9.17, 15) is 13.2 Å². The second kappa shape index (κ2) is 8.62. The molecule has 9 heteroatoms. The van der Waals surface area contributed by atoms with E-state index in [0.29, 0.717) is 23.8 Å². The number of hydrogen-bond donors (Lipinski definition) is 2. The number of carbonyl (C=O) groups excluding carboxylic acids is 1. The van der Waals surface area contributed by atoms with Gasteiger partial charge in [0.2, 0.25) is 5.91 Å². The fraction of sp³-hybridized carbons (Fsp3) is 0.667. The molecule has 2 fully saturated rings. The number of nitrogens with one attached hydrogen (secondary N) is 2. The fourth-order valence-electron chi connectivity index (χ4n) is 3.23. The zero-order valence-electron chi connectivity index (χ0n) is 13.4. The van der Waals surface area contributed by atoms with Crippen LogP contribution >= 0.6 is 23.7 Å². The number of carbonyl (C=O) groups is 1. The Bertz CT molecular complexity index is 630. The Morgan fingerprint density at radius 2 is 2.21 bits per heavy atom. The van der Waals surface area contributed by atoms with Crippen LogP contribution in [0.25, 0.3) is 0 Å². The number of thiophene rings is 1. The first-order valence-corrected chi connectivity index (χ1v) is 10.4. The molecule has 3 rings (SSSR count). The lowest BCUT2D eigenvalue weighted by atomic mass is 9.99. The molecule has 0 radical (unpaired) electrons. The van der Waals surface area contributed by atoms with Crippen LogP contribution in [0.4, 0.5) is 0 Å². The second-order valence-electron chi connectivity index (χ2n) is 6.20. The molecule has 1 aromatic rings. The lowest BCUT2D eigenvalue weighted by Gasteiger charge is -2.31. The van der Waals surface area contributed by atoms with Crippen LogP contribution < -0.4 is 10.6 Å². The standard InChI is InChI=1S/C15H23N3O3S2.ClH/c19-15(13-5-1-7-16-13)17-10-12-4-2-8-18(11-12)23(20,21)14-6-3-9-22-14;/h3,6,9,12-13,16H,1-2,4-5,7-8,10-11H2,(H,17,19);1H. The zero-order chi connectivity index (χ0) is 16.3. The van der Waals surface area contributed by atoms with Gasteiger partial charge in [-0.05, 0) is 49.6 Å². The number of halogens is 1. The summed E-state index contributed by atoms with van der Waals surface area (Å²) in [6.07, 6.45) is 3.71. The monoisotopic (exact) mass is 393 g/mol. The Balaban J connectivity index is 0.00000208. The van der Waals surface area contributed by atoms with Crippen LogP contribution in [0.5, 0.6) is 0 Å². The maximum Gasteiger partial charge on any atom is 0.252 e. The van der Waals surface area contributed by atoms with E-state index >= 15 is 0 Å². The Hall–Kier alpha value is -0.670. The number of piperidine rings is 1. The van der Waals surface area contributed by atoms with Gasteiger partial charge < -0.3 is 10.6 Å². The predicted molar refractivity (Wildman–Crippen MR) is 97.1 cm³/mol. The first-order chi connectivity index (χ1) is 11.1. The van der Waals surface area contributed by atoms with Crippen LogP contribution in [0.3, 0.4) is 0 Å². The largest absolute Gasteiger partial charge is 0.354 e. The molecule has 2 N–H and O–H groups in total. The van der Waals surface area contributed by atoms with E-state index in [4.69, 9.17) is 0 Å². The summed E-state index contributed by atoms with van der Waals surface area (Å²) >= 11 is 1.25. The molecule has 0 bridgehead atoms. The van der Waals surface area contributed by atoms with Gasteiger partial charge in [0.15, 0.2) is 0 Å². The molecule has 0 spiro atoms. The Morgan fingerprint density at radius 3 is 2.88 bits per heavy atom. The van der Waals surface area contributed by atoms with Crippen molar-refractivity contribution in [2.24, 2.45) is 5.92 Å². The van der Waals surface area contributed by atoms with Crippen LogP contribution in [-0.2, 0) is 14.8 Å². The van der Waals surface area contributed by atoms with E-state index in [0.717, 1.165) is 32.2 Å². The van der Waals surface area contributed by atoms with Gasteiger partial charge in [0.25, 0.3) is 10.0 Å². The predicted octanol–water partition coefficient (Wildman–Crippen LogP) is 1.44. The highest BCUT2D eigenvalue weighted by atomic mass is 35.5. The third kappa shape index (κ3) is 4.49. The molecule has 2 atom stereocenters. The van der Waals surface area contributed by atoms with Crippen molar-refractivity contribution in [1.82, 2.24) is 14.9 Å². The van der Waals surface area contributed by atoms with Crippen molar-refractivity contribution < 1.29 is 13.2 Å². The summed E-state index contributed by atoms with van der Waals surface area (Å²) in [6, 6.07) is 3.33. The van der Waals surface area contributed by atoms with Crippen LogP contribution in [0.2, 0.25) is 0 Å². The highest BCUT2D eigenvalue weighted by Crippen LogP contribution is 2.26. The topological polar surface area (TPSA) is 78.5 Å². The van der Waals surface area contributed by atoms with E-state index in [2.05, 4.69) is 10.6 Å². The van der Waals surface area contributed by atoms with E-state index < -0.39 is 10.0 Å². The molecule has 2 unspecified atom stereocenters. The molecule has 2 saturated heterocycles. The minimum atomic E-state index is -3.38. The van der Waals surface area contributed by atoms with Gasteiger partial charge in [0.1, 0.15) is 4.21 Å². The zero-order valence-corrected chi connectivity index (χ0v) is 15.9. The SMILES string of the molecule is Cl.O=C(NCC1CCCN(S(=O)(=O)c2cccs2)C1)C1CCCN1. The van der Waals surface area contributed by atoms with Gasteiger partial charge in [-0.3, -0.25) is 4.79 Å². The summed E-state index contributed by atoms with van der Waals surface area (Å²) in [6.45, 7) is 2.50. The summed E-state index contributed by atoms with van der Waals surface area (Å²) in [5.74, 6) is 0.226. The highest BCUT2D eigenvalue weighted by Gasteiger charge is 2.31. The van der Waals surface area contributed by atoms with Gasteiger partial charge >= 0.3 is 0 Å². The number of hydrogen-bond acceptors (Lipinski definition) is 5. The quantitative estimate of drug-likeness (QED) is 0.793. The van der Waals surface area contributed by atoms with E-state index in [1.54, 1.807) is 21.8 Å². The van der Waals surface area contributed by atoms with Gasteiger partial charge in [-0.1, -0.05) is 6.07 Å². The van der Waals surface area contributed by atoms with Gasteiger partial charge in [-0.25, -0.2) is 8.42 Å². The lowest BCUT2D eigenvalue weighted by Crippen LogP contribution is -2.46. The average Bonchev–Trinajstić information content (AvgIpc) is 3.25. The number of amides is 1. The van der Waals surface area contributed by atoms with Gasteiger partial charge in [0, 0.05) is 19.6 Å². The molecule has 0 aromatic carbocycles. The van der Waals surface area contributed by atoms with Crippen molar-refractivity contribution >= 4 is 39.7 Å². The van der Waals surface area contributed by atoms with Crippen molar-refractivity contribution in [3.8, 4) is 0 Å². The van der Waals surface area contributed by atoms with E-state index in [1.165, 1.54) is 11.3 Å². The summed E-state index contributed by atoms with van der Waals surface area (Å²) in [4.78, 5) is 12.0. The maximum atomic E-state index is 12.6. The molecule has 24 heavy (non-hydrogen) atoms. The smallest absolute Gasteiger partial charge is 0.252 e. The lowest BCUT2D eigenvalue weighted by molar-refractivity contribution is -0.123. The molecular weight excluding hydrogens is 370 g/mol. The molecule has 2 aliphatic rings. The van der Waals surface area contributed by atoms with Gasteiger partial charge in [0.05, 0.1) is 6.04 Å². The molecule has 0 saturated carbocycles. The Kier molecular flexibility index (Phi) is 7.06. The minimum Gasteiger partial charge on any atom is -0.354 e. The number of sulfonamides is 1. The molecule has 1 aromatic heterocycles. The van der Waals surface area contributed by atoms with E-state index in [-0.39, 0.29) is 30.3 Å². The van der Waals surface area contributed by atoms with Crippen molar-refractivity contribution in [2.75, 3.05) is 26.2 Å². The van der Waals surface area contributed by atoms with E-state index in [1.807, 2.05) is 0 Å². The highest BCUT2D eigenvalue weighted by molar-refractivity contribution is 7.91. The average molecular weight is 394 g/mol. The van der Waals surface area contributed by atoms with Crippen LogP contribution in [0.1, 0.15) is 25.7 Å². The van der Waals surface area contributed by atoms with Crippen LogP contribution in [-0.4, -0.2) is 50.9 Å². The van der Waals surface area contributed by atoms with Crippen LogP contribution in [0.15, 0.2) is 21.7 Å². The number of rotatable bonds is 5. The van der Waals surface area contributed by atoms with Crippen LogP contribution in [0, 0.1) is 5.92 Å². The van der Waals surface area contributed by atoms with Crippen molar-refractivity contribution in [3.05, 3.63) is 17.5 Å². The third-order valence-corrected chi connectivity index (χ3v) is 7.75. The van der Waals surface area contributed by atoms with Crippen molar-refractivity contribution in [1.29, 1.82) is 0 Å². The minimum absolute atomic E-state index is 0. The molecule has 136 valence electrons. The molecule has 6 nitrogen and oxygen atoms in total. The Morgan fingerprint density at radius 1 is 1.38 bits per heavy atom. The number of nitrogens with zero attached hydrogens (tertiary/aromatic N) is 1. The normalized spacial score (nSPS) is 25.2. The first kappa shape index (κ1) is 19.7. The summed E-state index contributed by atoms with van der Waals surface area (Å²) < 4.78 is 27.1. The summed E-state index contributed by atoms with van der Waals surface area (Å²) in [5, 5.41) is 7.94. The molecule has 1 amide bonds. The maximum absolute atomic E-state index is 12.6. The Labute approximate surface area is 153 Å².